The van der Waals surface area contributed by atoms with Gasteiger partial charge in [0.25, 0.3) is 0 Å². The second-order valence-electron chi connectivity index (χ2n) is 8.75. The highest BCUT2D eigenvalue weighted by atomic mass is 32.2. The van der Waals surface area contributed by atoms with Crippen molar-refractivity contribution < 1.29 is 31.9 Å². The van der Waals surface area contributed by atoms with Gasteiger partial charge in [-0.05, 0) is 52.8 Å². The van der Waals surface area contributed by atoms with Gasteiger partial charge in [-0.3, -0.25) is 4.79 Å². The summed E-state index contributed by atoms with van der Waals surface area (Å²) in [5, 5.41) is 12.5. The van der Waals surface area contributed by atoms with E-state index in [1.165, 1.54) is 17.8 Å². The Morgan fingerprint density at radius 2 is 1.91 bits per heavy atom. The average molecular weight is 472 g/mol. The van der Waals surface area contributed by atoms with Crippen LogP contribution < -0.4 is 10.6 Å². The molecule has 0 saturated carbocycles. The van der Waals surface area contributed by atoms with Crippen LogP contribution in [0.1, 0.15) is 40.5 Å². The molecule has 0 saturated heterocycles. The highest BCUT2D eigenvalue weighted by molar-refractivity contribution is 7.99. The number of alkyl halides is 3. The Balaban J connectivity index is 1.79. The van der Waals surface area contributed by atoms with Crippen LogP contribution in [0.4, 0.5) is 23.7 Å². The lowest BCUT2D eigenvalue weighted by molar-refractivity contribution is -0.185. The van der Waals surface area contributed by atoms with E-state index in [0.29, 0.717) is 16.1 Å². The monoisotopic (exact) mass is 472 g/mol. The Kier molecular flexibility index (Phi) is 6.20. The van der Waals surface area contributed by atoms with Gasteiger partial charge >= 0.3 is 12.3 Å². The summed E-state index contributed by atoms with van der Waals surface area (Å²) < 4.78 is 50.2. The summed E-state index contributed by atoms with van der Waals surface area (Å²) in [4.78, 5) is 25.3. The number of thioether (sulfide) groups is 1. The van der Waals surface area contributed by atoms with Crippen molar-refractivity contribution in [2.75, 3.05) is 11.1 Å². The number of alkyl carbamates (subject to hydrolysis) is 1. The molecule has 0 radical (unpaired) electrons. The number of benzene rings is 1. The van der Waals surface area contributed by atoms with Crippen LogP contribution in [0.15, 0.2) is 27.5 Å². The lowest BCUT2D eigenvalue weighted by atomic mass is 9.93. The normalized spacial score (nSPS) is 17.2. The van der Waals surface area contributed by atoms with Crippen LogP contribution in [0, 0.1) is 0 Å². The molecular formula is C20H23F3N4O4S. The highest BCUT2D eigenvalue weighted by Gasteiger charge is 2.52. The molecule has 2 aromatic rings. The lowest BCUT2D eigenvalue weighted by Gasteiger charge is -2.23. The third-order valence-electron chi connectivity index (χ3n) is 4.57. The van der Waals surface area contributed by atoms with Crippen molar-refractivity contribution in [2.45, 2.75) is 62.7 Å². The van der Waals surface area contributed by atoms with Crippen LogP contribution in [0.3, 0.4) is 0 Å². The molecule has 2 N–H and O–H groups in total. The van der Waals surface area contributed by atoms with Gasteiger partial charge in [-0.15, -0.1) is 22.0 Å². The van der Waals surface area contributed by atoms with Crippen LogP contribution in [-0.4, -0.2) is 45.8 Å². The molecule has 2 amide bonds. The Labute approximate surface area is 186 Å². The summed E-state index contributed by atoms with van der Waals surface area (Å²) >= 11 is 1.33. The van der Waals surface area contributed by atoms with Crippen LogP contribution >= 0.6 is 11.8 Å². The van der Waals surface area contributed by atoms with Crippen molar-refractivity contribution in [2.24, 2.45) is 0 Å². The van der Waals surface area contributed by atoms with Crippen molar-refractivity contribution in [1.29, 1.82) is 0 Å². The van der Waals surface area contributed by atoms with Crippen molar-refractivity contribution in [1.82, 2.24) is 15.5 Å². The van der Waals surface area contributed by atoms with Crippen molar-refractivity contribution in [3.63, 3.8) is 0 Å². The molecule has 12 heteroatoms. The molecule has 0 aliphatic carbocycles. The van der Waals surface area contributed by atoms with Crippen molar-refractivity contribution in [3.8, 4) is 11.5 Å². The number of ether oxygens (including phenoxy) is 1. The number of nitrogens with one attached hydrogen (secondary N) is 2. The van der Waals surface area contributed by atoms with Gasteiger partial charge < -0.3 is 19.8 Å². The average Bonchev–Trinajstić information content (AvgIpc) is 3.08. The zero-order valence-corrected chi connectivity index (χ0v) is 18.9. The molecule has 8 nitrogen and oxygen atoms in total. The molecule has 3 rings (SSSR count). The molecule has 1 aromatic heterocycles. The third kappa shape index (κ3) is 5.17. The predicted octanol–water partition coefficient (Wildman–Crippen LogP) is 4.51. The van der Waals surface area contributed by atoms with Crippen LogP contribution in [0.5, 0.6) is 0 Å². The SMILES string of the molecule is CC(C)(C)OC(=O)N[C@H]1CSc2ccc(-c3nnc(C(C)(C)C(F)(F)F)o3)cc2NC1=O. The molecule has 32 heavy (non-hydrogen) atoms. The zero-order valence-electron chi connectivity index (χ0n) is 18.1. The van der Waals surface area contributed by atoms with E-state index in [1.54, 1.807) is 32.9 Å². The fourth-order valence-electron chi connectivity index (χ4n) is 2.63. The number of fused-ring (bicyclic) bond motifs is 1. The summed E-state index contributed by atoms with van der Waals surface area (Å²) in [6.07, 6.45) is -5.28. The summed E-state index contributed by atoms with van der Waals surface area (Å²) in [5.74, 6) is -0.854. The summed E-state index contributed by atoms with van der Waals surface area (Å²) in [7, 11) is 0. The standard InChI is InChI=1S/C20H23F3N4O4S/c1-18(2,3)31-17(29)25-12-9-32-13-7-6-10(8-11(13)24-14(12)28)15-26-27-16(30-15)19(4,5)20(21,22)23/h6-8,12H,9H2,1-5H3,(H,24,28)(H,25,29)/t12-/m0/s1. The van der Waals surface area contributed by atoms with Crippen molar-refractivity contribution >= 4 is 29.4 Å². The van der Waals surface area contributed by atoms with E-state index >= 15 is 0 Å². The maximum absolute atomic E-state index is 13.2. The van der Waals surface area contributed by atoms with Gasteiger partial charge in [-0.1, -0.05) is 0 Å². The quantitative estimate of drug-likeness (QED) is 0.677. The molecule has 1 aliphatic rings. The Hall–Kier alpha value is -2.76. The summed E-state index contributed by atoms with van der Waals surface area (Å²) in [6, 6.07) is 3.99. The number of anilines is 1. The lowest BCUT2D eigenvalue weighted by Crippen LogP contribution is -2.46. The fourth-order valence-corrected chi connectivity index (χ4v) is 3.64. The number of hydrogen-bond donors (Lipinski definition) is 2. The number of nitrogens with zero attached hydrogens (tertiary/aromatic N) is 2. The highest BCUT2D eigenvalue weighted by Crippen LogP contribution is 2.41. The van der Waals surface area contributed by atoms with E-state index in [-0.39, 0.29) is 11.6 Å². The first kappa shape index (κ1) is 23.9. The van der Waals surface area contributed by atoms with Gasteiger partial charge in [0.05, 0.1) is 5.69 Å². The van der Waals surface area contributed by atoms with Crippen molar-refractivity contribution in [3.05, 3.63) is 24.1 Å². The minimum Gasteiger partial charge on any atom is -0.444 e. The fraction of sp³-hybridized carbons (Fsp3) is 0.500. The van der Waals surface area contributed by atoms with E-state index in [9.17, 15) is 22.8 Å². The molecule has 2 heterocycles. The maximum atomic E-state index is 13.2. The first-order chi connectivity index (χ1) is 14.7. The maximum Gasteiger partial charge on any atom is 0.408 e. The van der Waals surface area contributed by atoms with Crippen LogP contribution in [0.2, 0.25) is 0 Å². The Morgan fingerprint density at radius 1 is 1.22 bits per heavy atom. The first-order valence-electron chi connectivity index (χ1n) is 9.66. The van der Waals surface area contributed by atoms with Gasteiger partial charge in [-0.2, -0.15) is 13.2 Å². The smallest absolute Gasteiger partial charge is 0.408 e. The second kappa shape index (κ2) is 8.30. The Morgan fingerprint density at radius 3 is 2.53 bits per heavy atom. The van der Waals surface area contributed by atoms with Gasteiger partial charge in [0, 0.05) is 16.2 Å². The number of rotatable bonds is 3. The number of aromatic nitrogens is 2. The van der Waals surface area contributed by atoms with Gasteiger partial charge in [0.15, 0.2) is 0 Å². The molecule has 1 aliphatic heterocycles. The number of carbonyl (C=O) groups is 2. The van der Waals surface area contributed by atoms with Crippen LogP contribution in [0.25, 0.3) is 11.5 Å². The molecular weight excluding hydrogens is 449 g/mol. The van der Waals surface area contributed by atoms with E-state index in [1.807, 2.05) is 0 Å². The molecule has 0 spiro atoms. The minimum absolute atomic E-state index is 0.105. The van der Waals surface area contributed by atoms with Gasteiger partial charge in [0.2, 0.25) is 17.7 Å². The zero-order chi connectivity index (χ0) is 23.9. The number of amides is 2. The molecule has 0 unspecified atom stereocenters. The Bertz CT molecular complexity index is 1030. The number of halogens is 3. The minimum atomic E-state index is -4.56. The topological polar surface area (TPSA) is 106 Å². The molecule has 1 atom stereocenters. The summed E-state index contributed by atoms with van der Waals surface area (Å²) in [5.41, 5.74) is -2.25. The summed E-state index contributed by atoms with van der Waals surface area (Å²) in [6.45, 7) is 7.05. The number of carbonyl (C=O) groups excluding carboxylic acids is 2. The van der Waals surface area contributed by atoms with E-state index in [2.05, 4.69) is 20.8 Å². The largest absolute Gasteiger partial charge is 0.444 e. The predicted molar refractivity (Wildman–Crippen MR) is 111 cm³/mol. The van der Waals surface area contributed by atoms with Crippen LogP contribution in [-0.2, 0) is 14.9 Å². The molecule has 0 bridgehead atoms. The van der Waals surface area contributed by atoms with E-state index in [0.717, 1.165) is 13.8 Å². The molecule has 174 valence electrons. The first-order valence-corrected chi connectivity index (χ1v) is 10.6. The third-order valence-corrected chi connectivity index (χ3v) is 5.73. The van der Waals surface area contributed by atoms with Gasteiger partial charge in [-0.25, -0.2) is 4.79 Å². The number of hydrogen-bond acceptors (Lipinski definition) is 7. The second-order valence-corrected chi connectivity index (χ2v) is 9.81. The molecule has 0 fully saturated rings. The van der Waals surface area contributed by atoms with E-state index in [4.69, 9.17) is 9.15 Å². The van der Waals surface area contributed by atoms with Gasteiger partial charge in [0.1, 0.15) is 17.1 Å². The van der Waals surface area contributed by atoms with E-state index < -0.39 is 41.1 Å². The molecule has 1 aromatic carbocycles.